The van der Waals surface area contributed by atoms with E-state index in [1.165, 1.54) is 44.9 Å². The van der Waals surface area contributed by atoms with Crippen LogP contribution in [0.5, 0.6) is 0 Å². The molecule has 0 saturated heterocycles. The Bertz CT molecular complexity index is 381. The molecule has 0 heterocycles. The van der Waals surface area contributed by atoms with E-state index in [9.17, 15) is 4.79 Å². The molecule has 0 aliphatic rings. The van der Waals surface area contributed by atoms with Crippen molar-refractivity contribution in [2.75, 3.05) is 13.2 Å². The molecule has 10 heteroatoms. The Balaban J connectivity index is -0.000000704. The number of hydrogen-bond acceptors (Lipinski definition) is 6. The van der Waals surface area contributed by atoms with Crippen LogP contribution in [0.2, 0.25) is 0 Å². The van der Waals surface area contributed by atoms with E-state index in [-0.39, 0.29) is 48.7 Å². The molecule has 0 aliphatic heterocycles. The van der Waals surface area contributed by atoms with Gasteiger partial charge < -0.3 is 14.9 Å². The van der Waals surface area contributed by atoms with Gasteiger partial charge in [0, 0.05) is 36.0 Å². The SMILES string of the molecule is CCCCCCCCCCCC(=O)OCC(O)CO.O=S(=O)(O)O.[Na]. The van der Waals surface area contributed by atoms with E-state index >= 15 is 0 Å². The molecule has 0 aromatic rings. The van der Waals surface area contributed by atoms with Crippen molar-refractivity contribution >= 4 is 45.9 Å². The summed E-state index contributed by atoms with van der Waals surface area (Å²) in [6.45, 7) is 1.75. The molecule has 0 bridgehead atoms. The fourth-order valence-electron chi connectivity index (χ4n) is 1.89. The quantitative estimate of drug-likeness (QED) is 0.160. The molecule has 0 saturated carbocycles. The average Bonchev–Trinajstić information content (AvgIpc) is 2.49. The second kappa shape index (κ2) is 20.6. The van der Waals surface area contributed by atoms with Crippen LogP contribution in [-0.2, 0) is 19.9 Å². The zero-order chi connectivity index (χ0) is 18.8. The van der Waals surface area contributed by atoms with Gasteiger partial charge >= 0.3 is 16.4 Å². The minimum Gasteiger partial charge on any atom is -0.463 e. The molecule has 8 nitrogen and oxygen atoms in total. The summed E-state index contributed by atoms with van der Waals surface area (Å²) in [5, 5.41) is 17.6. The summed E-state index contributed by atoms with van der Waals surface area (Å²) in [6.07, 6.45) is 10.4. The van der Waals surface area contributed by atoms with Crippen LogP contribution in [-0.4, -0.2) is 82.6 Å². The number of aliphatic hydroxyl groups excluding tert-OH is 2. The maximum absolute atomic E-state index is 11.3. The predicted octanol–water partition coefficient (Wildman–Crippen LogP) is 1.77. The molecule has 0 aromatic carbocycles. The van der Waals surface area contributed by atoms with Crippen LogP contribution >= 0.6 is 0 Å². The van der Waals surface area contributed by atoms with Crippen molar-refractivity contribution in [3.05, 3.63) is 0 Å². The molecule has 0 aliphatic carbocycles. The molecule has 1 unspecified atom stereocenters. The summed E-state index contributed by atoms with van der Waals surface area (Å²) < 4.78 is 36.4. The number of ether oxygens (including phenoxy) is 1. The smallest absolute Gasteiger partial charge is 0.394 e. The first kappa shape index (κ1) is 30.0. The van der Waals surface area contributed by atoms with E-state index in [1.54, 1.807) is 0 Å². The summed E-state index contributed by atoms with van der Waals surface area (Å²) in [4.78, 5) is 11.3. The van der Waals surface area contributed by atoms with Crippen LogP contribution < -0.4 is 0 Å². The molecule has 0 amide bonds. The average molecular weight is 395 g/mol. The molecule has 0 aromatic heterocycles. The first-order valence-corrected chi connectivity index (χ1v) is 9.74. The number of aliphatic hydroxyl groups is 2. The normalized spacial score (nSPS) is 11.7. The Kier molecular flexibility index (Phi) is 24.7. The summed E-state index contributed by atoms with van der Waals surface area (Å²) in [7, 11) is -4.67. The third kappa shape index (κ3) is 36.1. The number of carbonyl (C=O) groups is 1. The summed E-state index contributed by atoms with van der Waals surface area (Å²) >= 11 is 0. The van der Waals surface area contributed by atoms with Crippen molar-refractivity contribution in [3.8, 4) is 0 Å². The molecular weight excluding hydrogens is 363 g/mol. The number of esters is 1. The summed E-state index contributed by atoms with van der Waals surface area (Å²) in [6, 6.07) is 0. The van der Waals surface area contributed by atoms with Crippen LogP contribution in [0.15, 0.2) is 0 Å². The van der Waals surface area contributed by atoms with E-state index in [0.29, 0.717) is 6.42 Å². The van der Waals surface area contributed by atoms with Crippen molar-refractivity contribution in [1.82, 2.24) is 0 Å². The molecule has 0 rings (SSSR count). The van der Waals surface area contributed by atoms with Gasteiger partial charge in [-0.1, -0.05) is 58.3 Å². The largest absolute Gasteiger partial charge is 0.463 e. The van der Waals surface area contributed by atoms with Gasteiger partial charge in [-0.15, -0.1) is 0 Å². The molecule has 4 N–H and O–H groups in total. The predicted molar refractivity (Wildman–Crippen MR) is 95.8 cm³/mol. The van der Waals surface area contributed by atoms with Crippen molar-refractivity contribution in [3.63, 3.8) is 0 Å². The minimum absolute atomic E-state index is 0. The topological polar surface area (TPSA) is 141 Å². The van der Waals surface area contributed by atoms with Gasteiger partial charge in [-0.05, 0) is 6.42 Å². The second-order valence-corrected chi connectivity index (χ2v) is 6.44. The van der Waals surface area contributed by atoms with Crippen molar-refractivity contribution in [1.29, 1.82) is 0 Å². The minimum atomic E-state index is -4.67. The monoisotopic (exact) mass is 395 g/mol. The van der Waals surface area contributed by atoms with Crippen LogP contribution in [0.4, 0.5) is 0 Å². The van der Waals surface area contributed by atoms with Gasteiger partial charge in [0.2, 0.25) is 0 Å². The maximum atomic E-state index is 11.3. The van der Waals surface area contributed by atoms with Crippen LogP contribution in [0.25, 0.3) is 0 Å². The van der Waals surface area contributed by atoms with Crippen molar-refractivity contribution in [2.45, 2.75) is 77.2 Å². The Morgan fingerprint density at radius 2 is 1.36 bits per heavy atom. The Labute approximate surface area is 173 Å². The standard InChI is InChI=1S/C15H30O4.Na.H2O4S/c1-2-3-4-5-6-7-8-9-10-11-15(18)19-13-14(17)12-16;;1-5(2,3)4/h14,16-17H,2-13H2,1H3;;(H2,1,2,3,4). The zero-order valence-electron chi connectivity index (χ0n) is 15.4. The molecule has 147 valence electrons. The summed E-state index contributed by atoms with van der Waals surface area (Å²) in [5.41, 5.74) is 0. The number of hydrogen-bond donors (Lipinski definition) is 4. The van der Waals surface area contributed by atoms with Crippen molar-refractivity contribution < 1.29 is 37.3 Å². The van der Waals surface area contributed by atoms with Gasteiger partial charge in [0.1, 0.15) is 12.7 Å². The Morgan fingerprint density at radius 1 is 0.960 bits per heavy atom. The fourth-order valence-corrected chi connectivity index (χ4v) is 1.89. The van der Waals surface area contributed by atoms with Gasteiger partial charge in [-0.2, -0.15) is 8.42 Å². The van der Waals surface area contributed by atoms with Crippen molar-refractivity contribution in [2.24, 2.45) is 0 Å². The first-order chi connectivity index (χ1) is 11.2. The molecule has 0 spiro atoms. The number of carbonyl (C=O) groups excluding carboxylic acids is 1. The molecule has 0 fully saturated rings. The van der Waals surface area contributed by atoms with Crippen LogP contribution in [0.3, 0.4) is 0 Å². The van der Waals surface area contributed by atoms with E-state index in [2.05, 4.69) is 6.92 Å². The maximum Gasteiger partial charge on any atom is 0.394 e. The van der Waals surface area contributed by atoms with Crippen LogP contribution in [0, 0.1) is 0 Å². The Morgan fingerprint density at radius 3 is 1.76 bits per heavy atom. The Hall–Kier alpha value is 0.260. The third-order valence-electron chi connectivity index (χ3n) is 3.13. The van der Waals surface area contributed by atoms with Gasteiger partial charge in [0.05, 0.1) is 6.61 Å². The molecule has 25 heavy (non-hydrogen) atoms. The first-order valence-electron chi connectivity index (χ1n) is 8.35. The molecule has 1 atom stereocenters. The van der Waals surface area contributed by atoms with Gasteiger partial charge in [-0.3, -0.25) is 13.9 Å². The number of rotatable bonds is 13. The zero-order valence-corrected chi connectivity index (χ0v) is 18.2. The van der Waals surface area contributed by atoms with E-state index in [4.69, 9.17) is 32.5 Å². The van der Waals surface area contributed by atoms with Gasteiger partial charge in [0.15, 0.2) is 0 Å². The van der Waals surface area contributed by atoms with Crippen LogP contribution in [0.1, 0.15) is 71.1 Å². The van der Waals surface area contributed by atoms with E-state index < -0.39 is 16.5 Å². The van der Waals surface area contributed by atoms with Gasteiger partial charge in [-0.25, -0.2) is 0 Å². The number of unbranched alkanes of at least 4 members (excludes halogenated alkanes) is 8. The van der Waals surface area contributed by atoms with E-state index in [0.717, 1.165) is 12.8 Å². The van der Waals surface area contributed by atoms with Gasteiger partial charge in [0.25, 0.3) is 0 Å². The molecular formula is C15H32NaO8S. The van der Waals surface area contributed by atoms with E-state index in [1.807, 2.05) is 0 Å². The summed E-state index contributed by atoms with van der Waals surface area (Å²) in [5.74, 6) is -0.282. The second-order valence-electron chi connectivity index (χ2n) is 5.55. The molecule has 1 radical (unpaired) electrons. The fraction of sp³-hybridized carbons (Fsp3) is 0.933. The third-order valence-corrected chi connectivity index (χ3v) is 3.13.